The molecule has 0 aliphatic heterocycles. The summed E-state index contributed by atoms with van der Waals surface area (Å²) >= 11 is 1.45. The Morgan fingerprint density at radius 3 is 3.00 bits per heavy atom. The highest BCUT2D eigenvalue weighted by molar-refractivity contribution is 7.07. The topological polar surface area (TPSA) is 33.2 Å². The van der Waals surface area contributed by atoms with E-state index in [1.165, 1.54) is 11.3 Å². The van der Waals surface area contributed by atoms with Gasteiger partial charge in [0.2, 0.25) is 0 Å². The molecule has 0 spiro atoms. The van der Waals surface area contributed by atoms with Crippen LogP contribution in [0, 0.1) is 0 Å². The third-order valence-electron chi connectivity index (χ3n) is 1.85. The number of rotatable bonds is 4. The van der Waals surface area contributed by atoms with Crippen molar-refractivity contribution in [2.75, 3.05) is 13.6 Å². The van der Waals surface area contributed by atoms with Crippen LogP contribution in [0.2, 0.25) is 0 Å². The van der Waals surface area contributed by atoms with Gasteiger partial charge in [0.1, 0.15) is 5.69 Å². The van der Waals surface area contributed by atoms with E-state index in [4.69, 9.17) is 0 Å². The average Bonchev–Trinajstić information content (AvgIpc) is 2.65. The molecule has 1 rings (SSSR count). The van der Waals surface area contributed by atoms with Gasteiger partial charge >= 0.3 is 0 Å². The average molecular weight is 198 g/mol. The van der Waals surface area contributed by atoms with Crippen LogP contribution in [-0.2, 0) is 0 Å². The van der Waals surface area contributed by atoms with E-state index >= 15 is 0 Å². The van der Waals surface area contributed by atoms with Crippen LogP contribution in [0.15, 0.2) is 10.9 Å². The second-order valence-corrected chi connectivity index (χ2v) is 3.67. The van der Waals surface area contributed by atoms with E-state index in [0.717, 1.165) is 19.4 Å². The molecule has 72 valence electrons. The summed E-state index contributed by atoms with van der Waals surface area (Å²) in [4.78, 5) is 17.3. The molecule has 0 N–H and O–H groups in total. The van der Waals surface area contributed by atoms with E-state index in [1.807, 2.05) is 7.05 Å². The van der Waals surface area contributed by atoms with Crippen molar-refractivity contribution in [2.24, 2.45) is 0 Å². The smallest absolute Gasteiger partial charge is 0.273 e. The van der Waals surface area contributed by atoms with Crippen molar-refractivity contribution in [3.8, 4) is 0 Å². The third kappa shape index (κ3) is 2.81. The van der Waals surface area contributed by atoms with E-state index in [9.17, 15) is 4.79 Å². The molecule has 0 saturated carbocycles. The van der Waals surface area contributed by atoms with Crippen molar-refractivity contribution in [1.29, 1.82) is 0 Å². The second-order valence-electron chi connectivity index (χ2n) is 2.95. The molecule has 0 bridgehead atoms. The van der Waals surface area contributed by atoms with Gasteiger partial charge in [-0.05, 0) is 6.42 Å². The van der Waals surface area contributed by atoms with Crippen molar-refractivity contribution in [3.63, 3.8) is 0 Å². The van der Waals surface area contributed by atoms with Crippen molar-refractivity contribution in [2.45, 2.75) is 19.8 Å². The minimum absolute atomic E-state index is 0.0229. The van der Waals surface area contributed by atoms with Gasteiger partial charge in [-0.1, -0.05) is 13.3 Å². The van der Waals surface area contributed by atoms with Crippen molar-refractivity contribution < 1.29 is 4.79 Å². The number of carbonyl (C=O) groups excluding carboxylic acids is 1. The first-order valence-electron chi connectivity index (χ1n) is 4.39. The van der Waals surface area contributed by atoms with Crippen LogP contribution in [0.4, 0.5) is 0 Å². The van der Waals surface area contributed by atoms with Gasteiger partial charge in [0.15, 0.2) is 0 Å². The molecule has 0 unspecified atom stereocenters. The summed E-state index contributed by atoms with van der Waals surface area (Å²) in [7, 11) is 1.82. The first kappa shape index (κ1) is 10.2. The Morgan fingerprint density at radius 2 is 2.46 bits per heavy atom. The fourth-order valence-corrected chi connectivity index (χ4v) is 1.54. The highest BCUT2D eigenvalue weighted by Gasteiger charge is 2.11. The number of amides is 1. The highest BCUT2D eigenvalue weighted by Crippen LogP contribution is 2.05. The van der Waals surface area contributed by atoms with E-state index in [1.54, 1.807) is 15.8 Å². The van der Waals surface area contributed by atoms with Crippen LogP contribution in [0.5, 0.6) is 0 Å². The van der Waals surface area contributed by atoms with Gasteiger partial charge in [0.25, 0.3) is 5.91 Å². The third-order valence-corrected chi connectivity index (χ3v) is 2.43. The summed E-state index contributed by atoms with van der Waals surface area (Å²) in [6.07, 6.45) is 2.15. The maximum absolute atomic E-state index is 11.6. The summed E-state index contributed by atoms with van der Waals surface area (Å²) in [5.74, 6) is 0.0229. The molecule has 3 nitrogen and oxygen atoms in total. The molecular formula is C9H14N2OS. The molecule has 1 heterocycles. The zero-order valence-corrected chi connectivity index (χ0v) is 8.80. The summed E-state index contributed by atoms with van der Waals surface area (Å²) in [6.45, 7) is 2.92. The number of hydrogen-bond donors (Lipinski definition) is 0. The fraction of sp³-hybridized carbons (Fsp3) is 0.556. The van der Waals surface area contributed by atoms with Crippen molar-refractivity contribution in [3.05, 3.63) is 16.6 Å². The molecule has 1 amide bonds. The summed E-state index contributed by atoms with van der Waals surface area (Å²) in [5.41, 5.74) is 2.24. The van der Waals surface area contributed by atoms with Crippen molar-refractivity contribution >= 4 is 17.2 Å². The fourth-order valence-electron chi connectivity index (χ4n) is 1.01. The minimum Gasteiger partial charge on any atom is -0.340 e. The first-order chi connectivity index (χ1) is 6.25. The van der Waals surface area contributed by atoms with E-state index in [0.29, 0.717) is 5.69 Å². The monoisotopic (exact) mass is 198 g/mol. The van der Waals surface area contributed by atoms with Crippen LogP contribution >= 0.6 is 11.3 Å². The number of nitrogens with zero attached hydrogens (tertiary/aromatic N) is 2. The predicted molar refractivity (Wildman–Crippen MR) is 54.0 cm³/mol. The maximum Gasteiger partial charge on any atom is 0.273 e. The Labute approximate surface area is 82.4 Å². The highest BCUT2D eigenvalue weighted by atomic mass is 32.1. The van der Waals surface area contributed by atoms with Crippen LogP contribution in [-0.4, -0.2) is 29.4 Å². The first-order valence-corrected chi connectivity index (χ1v) is 5.33. The lowest BCUT2D eigenvalue weighted by molar-refractivity contribution is 0.0788. The largest absolute Gasteiger partial charge is 0.340 e. The van der Waals surface area contributed by atoms with Gasteiger partial charge in [0, 0.05) is 19.0 Å². The molecule has 0 aliphatic rings. The Kier molecular flexibility index (Phi) is 3.89. The van der Waals surface area contributed by atoms with Crippen LogP contribution in [0.25, 0.3) is 0 Å². The zero-order chi connectivity index (χ0) is 9.68. The Morgan fingerprint density at radius 1 is 1.69 bits per heavy atom. The van der Waals surface area contributed by atoms with E-state index in [-0.39, 0.29) is 5.91 Å². The number of aromatic nitrogens is 1. The molecule has 0 aliphatic carbocycles. The van der Waals surface area contributed by atoms with Gasteiger partial charge < -0.3 is 4.90 Å². The molecule has 4 heteroatoms. The van der Waals surface area contributed by atoms with Gasteiger partial charge in [-0.2, -0.15) is 0 Å². The minimum atomic E-state index is 0.0229. The Hall–Kier alpha value is -0.900. The SMILES string of the molecule is CCCCN(C)C(=O)c1cscn1. The molecular weight excluding hydrogens is 184 g/mol. The Balaban J connectivity index is 2.48. The Bertz CT molecular complexity index is 259. The number of carbonyl (C=O) groups is 1. The molecule has 0 saturated heterocycles. The molecule has 13 heavy (non-hydrogen) atoms. The summed E-state index contributed by atoms with van der Waals surface area (Å²) < 4.78 is 0. The molecule has 1 aromatic rings. The van der Waals surface area contributed by atoms with Crippen molar-refractivity contribution in [1.82, 2.24) is 9.88 Å². The number of thiazole rings is 1. The predicted octanol–water partition coefficient (Wildman–Crippen LogP) is 2.02. The molecule has 0 atom stereocenters. The van der Waals surface area contributed by atoms with Gasteiger partial charge in [-0.3, -0.25) is 4.79 Å². The van der Waals surface area contributed by atoms with Crippen LogP contribution < -0.4 is 0 Å². The van der Waals surface area contributed by atoms with E-state index < -0.39 is 0 Å². The lowest BCUT2D eigenvalue weighted by atomic mass is 10.3. The zero-order valence-electron chi connectivity index (χ0n) is 7.99. The van der Waals surface area contributed by atoms with Gasteiger partial charge in [-0.15, -0.1) is 11.3 Å². The lowest BCUT2D eigenvalue weighted by Crippen LogP contribution is -2.27. The number of hydrogen-bond acceptors (Lipinski definition) is 3. The second kappa shape index (κ2) is 4.97. The number of unbranched alkanes of at least 4 members (excludes halogenated alkanes) is 1. The molecule has 0 radical (unpaired) electrons. The van der Waals surface area contributed by atoms with E-state index in [2.05, 4.69) is 11.9 Å². The van der Waals surface area contributed by atoms with Gasteiger partial charge in [-0.25, -0.2) is 4.98 Å². The van der Waals surface area contributed by atoms with Crippen LogP contribution in [0.3, 0.4) is 0 Å². The summed E-state index contributed by atoms with van der Waals surface area (Å²) in [5, 5.41) is 1.78. The quantitative estimate of drug-likeness (QED) is 0.741. The van der Waals surface area contributed by atoms with Gasteiger partial charge in [0.05, 0.1) is 5.51 Å². The molecule has 1 aromatic heterocycles. The molecule has 0 fully saturated rings. The molecule has 0 aromatic carbocycles. The van der Waals surface area contributed by atoms with Crippen LogP contribution in [0.1, 0.15) is 30.3 Å². The maximum atomic E-state index is 11.6. The standard InChI is InChI=1S/C9H14N2OS/c1-3-4-5-11(2)9(12)8-6-13-7-10-8/h6-7H,3-5H2,1-2H3. The normalized spacial score (nSPS) is 10.0. The summed E-state index contributed by atoms with van der Waals surface area (Å²) in [6, 6.07) is 0. The lowest BCUT2D eigenvalue weighted by Gasteiger charge is -2.14.